The molecular weight excluding hydrogens is 226 g/mol. The maximum Gasteiger partial charge on any atom is 0.0626 e. The van der Waals surface area contributed by atoms with Gasteiger partial charge in [0, 0.05) is 18.6 Å². The van der Waals surface area contributed by atoms with Crippen LogP contribution in [0, 0.1) is 5.41 Å². The van der Waals surface area contributed by atoms with E-state index in [0.29, 0.717) is 0 Å². The molecule has 0 radical (unpaired) electrons. The summed E-state index contributed by atoms with van der Waals surface area (Å²) >= 11 is 0. The topological polar surface area (TPSA) is 52.5 Å². The van der Waals surface area contributed by atoms with Crippen LogP contribution in [0.5, 0.6) is 0 Å². The number of aliphatic hydroxyl groups is 2. The number of hydrogen-bond acceptors (Lipinski definition) is 3. The number of rotatable bonds is 8. The normalized spacial score (nSPS) is 13.6. The molecule has 0 aliphatic heterocycles. The third-order valence-electron chi connectivity index (χ3n) is 3.94. The second-order valence-corrected chi connectivity index (χ2v) is 4.89. The van der Waals surface area contributed by atoms with Gasteiger partial charge in [-0.1, -0.05) is 44.2 Å². The smallest absolute Gasteiger partial charge is 0.0626 e. The van der Waals surface area contributed by atoms with Gasteiger partial charge >= 0.3 is 0 Å². The minimum atomic E-state index is -0.0812. The van der Waals surface area contributed by atoms with Crippen molar-refractivity contribution in [3.8, 4) is 0 Å². The molecule has 0 aromatic heterocycles. The monoisotopic (exact) mass is 251 g/mol. The van der Waals surface area contributed by atoms with Crippen LogP contribution in [0.3, 0.4) is 0 Å². The van der Waals surface area contributed by atoms with Gasteiger partial charge in [0.25, 0.3) is 0 Å². The van der Waals surface area contributed by atoms with Crippen LogP contribution in [0.25, 0.3) is 0 Å². The number of benzene rings is 1. The maximum atomic E-state index is 9.53. The molecule has 1 atom stereocenters. The third kappa shape index (κ3) is 3.80. The van der Waals surface area contributed by atoms with E-state index < -0.39 is 0 Å². The van der Waals surface area contributed by atoms with Crippen LogP contribution in [0.15, 0.2) is 30.3 Å². The molecule has 3 N–H and O–H groups in total. The summed E-state index contributed by atoms with van der Waals surface area (Å²) in [6.45, 7) is 5.16. The average molecular weight is 251 g/mol. The van der Waals surface area contributed by atoms with Gasteiger partial charge in [-0.05, 0) is 18.4 Å². The molecular formula is C15H25NO2. The van der Waals surface area contributed by atoms with Crippen molar-refractivity contribution in [1.82, 2.24) is 5.32 Å². The average Bonchev–Trinajstić information content (AvgIpc) is 2.45. The summed E-state index contributed by atoms with van der Waals surface area (Å²) in [5, 5.41) is 22.4. The van der Waals surface area contributed by atoms with Crippen LogP contribution < -0.4 is 5.32 Å². The number of nitrogens with one attached hydrogen (secondary N) is 1. The lowest BCUT2D eigenvalue weighted by Crippen LogP contribution is -2.39. The molecule has 0 aliphatic carbocycles. The van der Waals surface area contributed by atoms with Crippen molar-refractivity contribution in [3.05, 3.63) is 35.9 Å². The van der Waals surface area contributed by atoms with E-state index in [1.54, 1.807) is 0 Å². The second-order valence-electron chi connectivity index (χ2n) is 4.89. The molecule has 0 saturated heterocycles. The molecule has 0 heterocycles. The Labute approximate surface area is 110 Å². The third-order valence-corrected chi connectivity index (χ3v) is 3.94. The van der Waals surface area contributed by atoms with Gasteiger partial charge in [-0.15, -0.1) is 0 Å². The van der Waals surface area contributed by atoms with Crippen LogP contribution in [0.2, 0.25) is 0 Å². The SMILES string of the molecule is CCC(CC)(CO)CN[C@@H](CO)c1ccccc1. The molecule has 3 heteroatoms. The first-order valence-corrected chi connectivity index (χ1v) is 6.71. The second kappa shape index (κ2) is 7.52. The Morgan fingerprint density at radius 1 is 1.11 bits per heavy atom. The van der Waals surface area contributed by atoms with Gasteiger partial charge < -0.3 is 15.5 Å². The summed E-state index contributed by atoms with van der Waals surface area (Å²) in [5.41, 5.74) is 1.00. The summed E-state index contributed by atoms with van der Waals surface area (Å²) in [6.07, 6.45) is 1.86. The van der Waals surface area contributed by atoms with E-state index in [0.717, 1.165) is 24.9 Å². The number of hydrogen-bond donors (Lipinski definition) is 3. The zero-order chi connectivity index (χ0) is 13.4. The Morgan fingerprint density at radius 2 is 1.72 bits per heavy atom. The van der Waals surface area contributed by atoms with Crippen LogP contribution in [-0.4, -0.2) is 30.0 Å². The fraction of sp³-hybridized carbons (Fsp3) is 0.600. The Morgan fingerprint density at radius 3 is 2.17 bits per heavy atom. The molecule has 102 valence electrons. The van der Waals surface area contributed by atoms with Gasteiger partial charge in [0.05, 0.1) is 12.6 Å². The maximum absolute atomic E-state index is 9.53. The Balaban J connectivity index is 2.65. The summed E-state index contributed by atoms with van der Waals surface area (Å²) in [7, 11) is 0. The van der Waals surface area contributed by atoms with Crippen molar-refractivity contribution in [2.45, 2.75) is 32.7 Å². The van der Waals surface area contributed by atoms with E-state index in [1.165, 1.54) is 0 Å². The van der Waals surface area contributed by atoms with Gasteiger partial charge in [0.2, 0.25) is 0 Å². The van der Waals surface area contributed by atoms with Crippen LogP contribution in [0.1, 0.15) is 38.3 Å². The zero-order valence-electron chi connectivity index (χ0n) is 11.4. The van der Waals surface area contributed by atoms with E-state index in [1.807, 2.05) is 30.3 Å². The Bertz CT molecular complexity index is 314. The molecule has 0 saturated carbocycles. The van der Waals surface area contributed by atoms with Gasteiger partial charge in [-0.2, -0.15) is 0 Å². The van der Waals surface area contributed by atoms with Gasteiger partial charge in [0.15, 0.2) is 0 Å². The van der Waals surface area contributed by atoms with Gasteiger partial charge in [0.1, 0.15) is 0 Å². The molecule has 1 aromatic carbocycles. The van der Waals surface area contributed by atoms with E-state index in [9.17, 15) is 10.2 Å². The van der Waals surface area contributed by atoms with Crippen molar-refractivity contribution >= 4 is 0 Å². The standard InChI is InChI=1S/C15H25NO2/c1-3-15(4-2,12-18)11-16-14(10-17)13-8-6-5-7-9-13/h5-9,14,16-18H,3-4,10-12H2,1-2H3/t14-/m0/s1. The summed E-state index contributed by atoms with van der Waals surface area (Å²) < 4.78 is 0. The highest BCUT2D eigenvalue weighted by Gasteiger charge is 2.26. The molecule has 0 bridgehead atoms. The lowest BCUT2D eigenvalue weighted by molar-refractivity contribution is 0.105. The van der Waals surface area contributed by atoms with Crippen molar-refractivity contribution in [2.75, 3.05) is 19.8 Å². The molecule has 3 nitrogen and oxygen atoms in total. The largest absolute Gasteiger partial charge is 0.396 e. The summed E-state index contributed by atoms with van der Waals surface area (Å²) in [4.78, 5) is 0. The fourth-order valence-corrected chi connectivity index (χ4v) is 2.09. The predicted octanol–water partition coefficient (Wildman–Crippen LogP) is 2.11. The molecule has 0 spiro atoms. The van der Waals surface area contributed by atoms with Crippen LogP contribution in [0.4, 0.5) is 0 Å². The van der Waals surface area contributed by atoms with Crippen molar-refractivity contribution in [3.63, 3.8) is 0 Å². The quantitative estimate of drug-likeness (QED) is 0.663. The molecule has 0 fully saturated rings. The Hall–Kier alpha value is -0.900. The summed E-state index contributed by atoms with van der Waals surface area (Å²) in [6, 6.07) is 9.86. The van der Waals surface area contributed by atoms with Gasteiger partial charge in [-0.3, -0.25) is 0 Å². The molecule has 1 aromatic rings. The molecule has 1 rings (SSSR count). The van der Waals surface area contributed by atoms with Crippen LogP contribution >= 0.6 is 0 Å². The molecule has 0 amide bonds. The summed E-state index contributed by atoms with van der Waals surface area (Å²) in [5.74, 6) is 0. The number of aliphatic hydroxyl groups excluding tert-OH is 2. The van der Waals surface area contributed by atoms with E-state index in [2.05, 4.69) is 19.2 Å². The van der Waals surface area contributed by atoms with Crippen molar-refractivity contribution < 1.29 is 10.2 Å². The first-order valence-electron chi connectivity index (χ1n) is 6.71. The predicted molar refractivity (Wildman–Crippen MR) is 74.4 cm³/mol. The lowest BCUT2D eigenvalue weighted by atomic mass is 9.83. The Kier molecular flexibility index (Phi) is 6.33. The highest BCUT2D eigenvalue weighted by atomic mass is 16.3. The highest BCUT2D eigenvalue weighted by Crippen LogP contribution is 2.25. The van der Waals surface area contributed by atoms with Gasteiger partial charge in [-0.25, -0.2) is 0 Å². The molecule has 0 unspecified atom stereocenters. The highest BCUT2D eigenvalue weighted by molar-refractivity contribution is 5.18. The van der Waals surface area contributed by atoms with Crippen molar-refractivity contribution in [2.24, 2.45) is 5.41 Å². The molecule has 0 aliphatic rings. The zero-order valence-corrected chi connectivity index (χ0v) is 11.4. The first kappa shape index (κ1) is 15.2. The van der Waals surface area contributed by atoms with E-state index in [-0.39, 0.29) is 24.7 Å². The lowest BCUT2D eigenvalue weighted by Gasteiger charge is -2.31. The van der Waals surface area contributed by atoms with Crippen molar-refractivity contribution in [1.29, 1.82) is 0 Å². The van der Waals surface area contributed by atoms with E-state index >= 15 is 0 Å². The first-order chi connectivity index (χ1) is 8.71. The van der Waals surface area contributed by atoms with E-state index in [4.69, 9.17) is 0 Å². The fourth-order valence-electron chi connectivity index (χ4n) is 2.09. The van der Waals surface area contributed by atoms with Crippen LogP contribution in [-0.2, 0) is 0 Å². The minimum Gasteiger partial charge on any atom is -0.396 e. The minimum absolute atomic E-state index is 0.0600. The molecule has 18 heavy (non-hydrogen) atoms.